The summed E-state index contributed by atoms with van der Waals surface area (Å²) in [5.41, 5.74) is 4.23. The molecule has 0 radical (unpaired) electrons. The predicted molar refractivity (Wildman–Crippen MR) is 128 cm³/mol. The van der Waals surface area contributed by atoms with Crippen molar-refractivity contribution in [3.63, 3.8) is 0 Å². The molecule has 192 valence electrons. The summed E-state index contributed by atoms with van der Waals surface area (Å²) in [6, 6.07) is 16.0. The van der Waals surface area contributed by atoms with E-state index in [2.05, 4.69) is 18.7 Å². The molecule has 0 amide bonds. The van der Waals surface area contributed by atoms with Gasteiger partial charge in [-0.15, -0.1) is 0 Å². The largest absolute Gasteiger partial charge is 0.485 e. The Labute approximate surface area is 209 Å². The van der Waals surface area contributed by atoms with Crippen LogP contribution in [0.4, 0.5) is 0 Å². The Balaban J connectivity index is 0.000000840. The molecule has 9 nitrogen and oxygen atoms in total. The Morgan fingerprint density at radius 2 is 1.36 bits per heavy atom. The molecule has 0 spiro atoms. The molecule has 1 heterocycles. The molecular formula is C27H30O9. The van der Waals surface area contributed by atoms with Crippen LogP contribution in [0.2, 0.25) is 0 Å². The minimum absolute atomic E-state index is 0.204. The van der Waals surface area contributed by atoms with Crippen LogP contribution in [0.25, 0.3) is 11.1 Å². The summed E-state index contributed by atoms with van der Waals surface area (Å²) < 4.78 is 29.0. The molecule has 4 atom stereocenters. The molecule has 0 bridgehead atoms. The van der Waals surface area contributed by atoms with Crippen LogP contribution in [0.5, 0.6) is 0 Å². The van der Waals surface area contributed by atoms with Crippen LogP contribution in [0, 0.1) is 0 Å². The molecule has 2 aromatic carbocycles. The topological polar surface area (TPSA) is 118 Å². The average Bonchev–Trinajstić information content (AvgIpc) is 3.09. The number of rotatable bonds is 6. The molecule has 1 saturated heterocycles. The molecule has 9 heteroatoms. The number of hydrogen-bond donors (Lipinski definition) is 1. The van der Waals surface area contributed by atoms with E-state index < -0.39 is 42.7 Å². The van der Waals surface area contributed by atoms with E-state index in [0.717, 1.165) is 29.2 Å². The molecule has 2 aromatic rings. The Hall–Kier alpha value is -3.69. The van der Waals surface area contributed by atoms with Crippen molar-refractivity contribution in [3.05, 3.63) is 72.0 Å². The standard InChI is InChI=1S/C25H26O7.C2H4O2/c1-14(2)28-24-21(29-15(3)26)13-22(32-25(24)30-16(4)27)31-23-19-11-7-5-9-17(19)18-10-6-8-12-20(18)23;1-2(3)4/h5-12,21-25H,1,13H2,2-4H3;1H3,(H,3,4). The van der Waals surface area contributed by atoms with Gasteiger partial charge in [-0.25, -0.2) is 0 Å². The Morgan fingerprint density at radius 3 is 1.83 bits per heavy atom. The summed E-state index contributed by atoms with van der Waals surface area (Å²) in [6.07, 6.45) is -3.71. The van der Waals surface area contributed by atoms with Gasteiger partial charge in [-0.1, -0.05) is 55.1 Å². The number of ether oxygens (including phenoxy) is 5. The highest BCUT2D eigenvalue weighted by atomic mass is 16.8. The summed E-state index contributed by atoms with van der Waals surface area (Å²) in [5, 5.41) is 7.42. The van der Waals surface area contributed by atoms with Crippen molar-refractivity contribution < 1.29 is 43.2 Å². The molecule has 1 aliphatic heterocycles. The van der Waals surface area contributed by atoms with Gasteiger partial charge in [0.1, 0.15) is 12.2 Å². The van der Waals surface area contributed by atoms with Gasteiger partial charge in [0.15, 0.2) is 12.4 Å². The highest BCUT2D eigenvalue weighted by Crippen LogP contribution is 2.46. The van der Waals surface area contributed by atoms with Gasteiger partial charge < -0.3 is 28.8 Å². The zero-order valence-electron chi connectivity index (χ0n) is 20.6. The van der Waals surface area contributed by atoms with E-state index in [9.17, 15) is 9.59 Å². The minimum Gasteiger partial charge on any atom is -0.485 e. The first-order chi connectivity index (χ1) is 17.1. The fraction of sp³-hybridized carbons (Fsp3) is 0.370. The molecule has 0 saturated carbocycles. The fourth-order valence-corrected chi connectivity index (χ4v) is 4.23. The van der Waals surface area contributed by atoms with Gasteiger partial charge in [-0.3, -0.25) is 14.4 Å². The van der Waals surface area contributed by atoms with Crippen molar-refractivity contribution in [3.8, 4) is 11.1 Å². The summed E-state index contributed by atoms with van der Waals surface area (Å²) in [5.74, 6) is -1.49. The van der Waals surface area contributed by atoms with E-state index in [1.54, 1.807) is 6.92 Å². The van der Waals surface area contributed by atoms with E-state index in [0.29, 0.717) is 5.76 Å². The lowest BCUT2D eigenvalue weighted by molar-refractivity contribution is -0.318. The third-order valence-corrected chi connectivity index (χ3v) is 5.35. The highest BCUT2D eigenvalue weighted by Gasteiger charge is 2.46. The van der Waals surface area contributed by atoms with Crippen LogP contribution >= 0.6 is 0 Å². The van der Waals surface area contributed by atoms with Crippen LogP contribution in [0.15, 0.2) is 60.9 Å². The van der Waals surface area contributed by atoms with Gasteiger partial charge in [-0.05, 0) is 29.2 Å². The number of carbonyl (C=O) groups excluding carboxylic acids is 2. The number of aliphatic carboxylic acids is 1. The lowest BCUT2D eigenvalue weighted by Gasteiger charge is -2.40. The number of benzene rings is 2. The number of esters is 2. The summed E-state index contributed by atoms with van der Waals surface area (Å²) >= 11 is 0. The van der Waals surface area contributed by atoms with E-state index >= 15 is 0 Å². The molecule has 4 unspecified atom stereocenters. The maximum Gasteiger partial charge on any atom is 0.305 e. The van der Waals surface area contributed by atoms with Gasteiger partial charge >= 0.3 is 11.9 Å². The second kappa shape index (κ2) is 11.8. The van der Waals surface area contributed by atoms with Crippen LogP contribution < -0.4 is 0 Å². The molecule has 1 fully saturated rings. The molecule has 1 aliphatic carbocycles. The maximum absolute atomic E-state index is 11.8. The average molecular weight is 499 g/mol. The smallest absolute Gasteiger partial charge is 0.305 e. The lowest BCUT2D eigenvalue weighted by Crippen LogP contribution is -2.53. The zero-order valence-corrected chi connectivity index (χ0v) is 20.6. The van der Waals surface area contributed by atoms with E-state index in [4.69, 9.17) is 33.6 Å². The number of carboxylic acid groups (broad SMARTS) is 1. The first-order valence-electron chi connectivity index (χ1n) is 11.4. The van der Waals surface area contributed by atoms with Gasteiger partial charge in [0.25, 0.3) is 5.97 Å². The summed E-state index contributed by atoms with van der Waals surface area (Å²) in [6.45, 7) is 9.07. The van der Waals surface area contributed by atoms with Crippen molar-refractivity contribution >= 4 is 17.9 Å². The number of hydrogen-bond acceptors (Lipinski definition) is 8. The van der Waals surface area contributed by atoms with Crippen molar-refractivity contribution in [1.82, 2.24) is 0 Å². The first-order valence-corrected chi connectivity index (χ1v) is 11.4. The van der Waals surface area contributed by atoms with Crippen molar-refractivity contribution in [2.75, 3.05) is 0 Å². The van der Waals surface area contributed by atoms with E-state index in [1.807, 2.05) is 36.4 Å². The number of carbonyl (C=O) groups is 3. The van der Waals surface area contributed by atoms with Gasteiger partial charge in [0.2, 0.25) is 6.29 Å². The SMILES string of the molecule is C=C(C)OC1C(OC(C)=O)CC(OC2c3ccccc3-c3ccccc32)OC1OC(C)=O.CC(=O)O. The Kier molecular flexibility index (Phi) is 8.84. The predicted octanol–water partition coefficient (Wildman–Crippen LogP) is 4.35. The third kappa shape index (κ3) is 6.71. The van der Waals surface area contributed by atoms with Gasteiger partial charge in [0, 0.05) is 27.2 Å². The summed E-state index contributed by atoms with van der Waals surface area (Å²) in [4.78, 5) is 32.5. The molecule has 4 rings (SSSR count). The molecule has 2 aliphatic rings. The number of allylic oxidation sites excluding steroid dienone is 1. The monoisotopic (exact) mass is 498 g/mol. The van der Waals surface area contributed by atoms with Crippen LogP contribution in [-0.4, -0.2) is 47.8 Å². The molecule has 0 aromatic heterocycles. The Morgan fingerprint density at radius 1 is 0.861 bits per heavy atom. The quantitative estimate of drug-likeness (QED) is 0.458. The van der Waals surface area contributed by atoms with Crippen molar-refractivity contribution in [1.29, 1.82) is 0 Å². The second-order valence-corrected chi connectivity index (χ2v) is 8.42. The maximum atomic E-state index is 11.8. The number of fused-ring (bicyclic) bond motifs is 3. The van der Waals surface area contributed by atoms with Crippen molar-refractivity contribution in [2.45, 2.75) is 65.0 Å². The normalized spacial score (nSPS) is 22.2. The van der Waals surface area contributed by atoms with Crippen LogP contribution in [0.3, 0.4) is 0 Å². The Bertz CT molecular complexity index is 1050. The highest BCUT2D eigenvalue weighted by molar-refractivity contribution is 5.78. The molecule has 1 N–H and O–H groups in total. The zero-order chi connectivity index (χ0) is 26.4. The van der Waals surface area contributed by atoms with Crippen LogP contribution in [-0.2, 0) is 38.1 Å². The van der Waals surface area contributed by atoms with Gasteiger partial charge in [-0.2, -0.15) is 0 Å². The molecule has 36 heavy (non-hydrogen) atoms. The molecular weight excluding hydrogens is 468 g/mol. The van der Waals surface area contributed by atoms with E-state index in [-0.39, 0.29) is 12.5 Å². The fourth-order valence-electron chi connectivity index (χ4n) is 4.23. The number of carboxylic acids is 1. The minimum atomic E-state index is -1.13. The first kappa shape index (κ1) is 26.9. The second-order valence-electron chi connectivity index (χ2n) is 8.42. The van der Waals surface area contributed by atoms with Crippen molar-refractivity contribution in [2.24, 2.45) is 0 Å². The van der Waals surface area contributed by atoms with Gasteiger partial charge in [0.05, 0.1) is 5.76 Å². The van der Waals surface area contributed by atoms with Crippen LogP contribution in [0.1, 0.15) is 51.3 Å². The summed E-state index contributed by atoms with van der Waals surface area (Å²) in [7, 11) is 0. The third-order valence-electron chi connectivity index (χ3n) is 5.35. The van der Waals surface area contributed by atoms with E-state index in [1.165, 1.54) is 13.8 Å². The lowest BCUT2D eigenvalue weighted by atomic mass is 10.0.